The van der Waals surface area contributed by atoms with Crippen LogP contribution in [-0.2, 0) is 13.0 Å². The summed E-state index contributed by atoms with van der Waals surface area (Å²) in [6.07, 6.45) is 8.49. The number of rotatable bonds is 2. The molecule has 0 unspecified atom stereocenters. The lowest BCUT2D eigenvalue weighted by molar-refractivity contribution is 0.525. The second kappa shape index (κ2) is 7.20. The summed E-state index contributed by atoms with van der Waals surface area (Å²) in [6.45, 7) is 6.52. The number of anilines is 1. The van der Waals surface area contributed by atoms with Gasteiger partial charge in [-0.3, -0.25) is 0 Å². The van der Waals surface area contributed by atoms with Crippen LogP contribution in [0.3, 0.4) is 0 Å². The minimum Gasteiger partial charge on any atom is -0.351 e. The molecule has 1 fully saturated rings. The highest BCUT2D eigenvalue weighted by molar-refractivity contribution is 5.91. The van der Waals surface area contributed by atoms with Crippen LogP contribution in [0, 0.1) is 13.8 Å². The Labute approximate surface area is 167 Å². The van der Waals surface area contributed by atoms with Gasteiger partial charge in [-0.1, -0.05) is 31.0 Å². The molecule has 1 aliphatic carbocycles. The molecule has 3 heterocycles. The maximum atomic E-state index is 4.82. The molecule has 0 atom stereocenters. The van der Waals surface area contributed by atoms with Gasteiger partial charge in [0.1, 0.15) is 5.82 Å². The molecule has 0 radical (unpaired) electrons. The zero-order chi connectivity index (χ0) is 17.7. The van der Waals surface area contributed by atoms with Crippen LogP contribution in [0.1, 0.15) is 54.1 Å². The normalized spacial score (nSPS) is 17.2. The van der Waals surface area contributed by atoms with Crippen molar-refractivity contribution in [3.05, 3.63) is 58.9 Å². The predicted molar refractivity (Wildman–Crippen MR) is 115 cm³/mol. The number of nitrogens with zero attached hydrogens (tertiary/aromatic N) is 3. The summed E-state index contributed by atoms with van der Waals surface area (Å²) in [5.41, 5.74) is 7.18. The van der Waals surface area contributed by atoms with E-state index in [1.165, 1.54) is 59.0 Å². The van der Waals surface area contributed by atoms with Crippen LogP contribution >= 0.6 is 12.4 Å². The van der Waals surface area contributed by atoms with Crippen molar-refractivity contribution < 1.29 is 0 Å². The maximum Gasteiger partial charge on any atom is 0.138 e. The van der Waals surface area contributed by atoms with Crippen molar-refractivity contribution in [1.82, 2.24) is 9.55 Å². The molecule has 27 heavy (non-hydrogen) atoms. The fourth-order valence-electron chi connectivity index (χ4n) is 5.15. The van der Waals surface area contributed by atoms with Crippen LogP contribution in [0.15, 0.2) is 36.5 Å². The highest BCUT2D eigenvalue weighted by Crippen LogP contribution is 2.37. The first-order chi connectivity index (χ1) is 12.7. The molecular formula is C23H28ClN3. The number of hydrogen-bond acceptors (Lipinski definition) is 2. The van der Waals surface area contributed by atoms with E-state index in [-0.39, 0.29) is 12.4 Å². The number of benzene rings is 1. The minimum absolute atomic E-state index is 0. The molecule has 2 aliphatic rings. The minimum atomic E-state index is 0. The number of aromatic nitrogens is 2. The van der Waals surface area contributed by atoms with Gasteiger partial charge >= 0.3 is 0 Å². The summed E-state index contributed by atoms with van der Waals surface area (Å²) in [5.74, 6) is 1.16. The van der Waals surface area contributed by atoms with Gasteiger partial charge in [-0.05, 0) is 61.9 Å². The zero-order valence-electron chi connectivity index (χ0n) is 16.2. The van der Waals surface area contributed by atoms with Crippen LogP contribution in [0.4, 0.5) is 5.82 Å². The largest absolute Gasteiger partial charge is 0.351 e. The number of aryl methyl sites for hydroxylation is 2. The lowest BCUT2D eigenvalue weighted by atomic mass is 9.95. The molecule has 1 aromatic carbocycles. The first kappa shape index (κ1) is 18.4. The third kappa shape index (κ3) is 3.02. The molecule has 0 N–H and O–H groups in total. The Morgan fingerprint density at radius 3 is 2.70 bits per heavy atom. The van der Waals surface area contributed by atoms with E-state index in [4.69, 9.17) is 4.98 Å². The molecule has 3 aromatic rings. The van der Waals surface area contributed by atoms with Gasteiger partial charge in [0.05, 0.1) is 5.52 Å². The quantitative estimate of drug-likeness (QED) is 0.563. The van der Waals surface area contributed by atoms with Gasteiger partial charge in [0.25, 0.3) is 0 Å². The summed E-state index contributed by atoms with van der Waals surface area (Å²) >= 11 is 0. The van der Waals surface area contributed by atoms with Crippen LogP contribution in [-0.4, -0.2) is 16.1 Å². The van der Waals surface area contributed by atoms with Gasteiger partial charge in [-0.2, -0.15) is 0 Å². The fourth-order valence-corrected chi connectivity index (χ4v) is 5.15. The third-order valence-corrected chi connectivity index (χ3v) is 6.43. The molecule has 5 rings (SSSR count). The summed E-state index contributed by atoms with van der Waals surface area (Å²) in [7, 11) is 0. The second-order valence-electron chi connectivity index (χ2n) is 8.05. The Bertz CT molecular complexity index is 969. The molecule has 3 nitrogen and oxygen atoms in total. The zero-order valence-corrected chi connectivity index (χ0v) is 17.1. The molecule has 1 saturated carbocycles. The van der Waals surface area contributed by atoms with E-state index in [1.54, 1.807) is 0 Å². The van der Waals surface area contributed by atoms with E-state index < -0.39 is 0 Å². The molecule has 0 saturated heterocycles. The van der Waals surface area contributed by atoms with E-state index in [9.17, 15) is 0 Å². The van der Waals surface area contributed by atoms with Crippen molar-refractivity contribution in [2.75, 3.05) is 11.4 Å². The Balaban J connectivity index is 0.00000180. The second-order valence-corrected chi connectivity index (χ2v) is 8.05. The third-order valence-electron chi connectivity index (χ3n) is 6.43. The average Bonchev–Trinajstić information content (AvgIpc) is 3.27. The molecule has 0 amide bonds. The number of fused-ring (bicyclic) bond motifs is 2. The van der Waals surface area contributed by atoms with Crippen LogP contribution in [0.2, 0.25) is 0 Å². The molecule has 0 spiro atoms. The van der Waals surface area contributed by atoms with Crippen molar-refractivity contribution in [3.63, 3.8) is 0 Å². The molecule has 2 aromatic heterocycles. The Hall–Kier alpha value is -2.00. The average molecular weight is 382 g/mol. The molecule has 0 bridgehead atoms. The lowest BCUT2D eigenvalue weighted by Gasteiger charge is -2.31. The van der Waals surface area contributed by atoms with E-state index >= 15 is 0 Å². The van der Waals surface area contributed by atoms with Gasteiger partial charge < -0.3 is 9.47 Å². The van der Waals surface area contributed by atoms with E-state index in [0.29, 0.717) is 6.04 Å². The van der Waals surface area contributed by atoms with Gasteiger partial charge in [0.2, 0.25) is 0 Å². The first-order valence-corrected chi connectivity index (χ1v) is 10.0. The monoisotopic (exact) mass is 381 g/mol. The highest BCUT2D eigenvalue weighted by Gasteiger charge is 2.24. The Morgan fingerprint density at radius 2 is 1.89 bits per heavy atom. The van der Waals surface area contributed by atoms with E-state index in [0.717, 1.165) is 25.3 Å². The van der Waals surface area contributed by atoms with Crippen molar-refractivity contribution in [2.45, 2.75) is 58.5 Å². The van der Waals surface area contributed by atoms with E-state index in [1.807, 2.05) is 6.20 Å². The summed E-state index contributed by atoms with van der Waals surface area (Å²) in [6, 6.07) is 12.0. The van der Waals surface area contributed by atoms with E-state index in [2.05, 4.69) is 53.6 Å². The molecule has 142 valence electrons. The maximum absolute atomic E-state index is 4.82. The van der Waals surface area contributed by atoms with Crippen molar-refractivity contribution in [1.29, 1.82) is 0 Å². The first-order valence-electron chi connectivity index (χ1n) is 10.0. The molecule has 4 heteroatoms. The summed E-state index contributed by atoms with van der Waals surface area (Å²) in [4.78, 5) is 7.29. The Morgan fingerprint density at radius 1 is 1.07 bits per heavy atom. The standard InChI is InChI=1S/C23H27N3.ClH/c1-16-6-5-7-18-15-25(13-11-20(16)18)23-21-14-17(2)26(19-8-3-4-9-19)22(21)10-12-24-23;/h5-7,10,12,14,19H,3-4,8-9,11,13,15H2,1-2H3;1H. The number of pyridine rings is 1. The summed E-state index contributed by atoms with van der Waals surface area (Å²) in [5, 5.41) is 1.33. The van der Waals surface area contributed by atoms with Crippen molar-refractivity contribution in [3.8, 4) is 0 Å². The van der Waals surface area contributed by atoms with Gasteiger partial charge in [0, 0.05) is 36.4 Å². The summed E-state index contributed by atoms with van der Waals surface area (Å²) < 4.78 is 2.58. The van der Waals surface area contributed by atoms with Crippen LogP contribution in [0.25, 0.3) is 10.9 Å². The van der Waals surface area contributed by atoms with Gasteiger partial charge in [-0.25, -0.2) is 4.98 Å². The topological polar surface area (TPSA) is 21.1 Å². The number of halogens is 1. The SMILES string of the molecule is Cc1cccc2c1CCN(c1nccc3c1cc(C)n3C1CCCC1)C2.Cl. The Kier molecular flexibility index (Phi) is 4.90. The predicted octanol–water partition coefficient (Wildman–Crippen LogP) is 5.75. The fraction of sp³-hybridized carbons (Fsp3) is 0.435. The van der Waals surface area contributed by atoms with Crippen LogP contribution in [0.5, 0.6) is 0 Å². The molecule has 1 aliphatic heterocycles. The van der Waals surface area contributed by atoms with Crippen LogP contribution < -0.4 is 4.90 Å². The lowest BCUT2D eigenvalue weighted by Crippen LogP contribution is -2.31. The van der Waals surface area contributed by atoms with Crippen molar-refractivity contribution in [2.24, 2.45) is 0 Å². The highest BCUT2D eigenvalue weighted by atomic mass is 35.5. The molecular weight excluding hydrogens is 354 g/mol. The van der Waals surface area contributed by atoms with Gasteiger partial charge in [0.15, 0.2) is 0 Å². The van der Waals surface area contributed by atoms with Gasteiger partial charge in [-0.15, -0.1) is 12.4 Å². The number of hydrogen-bond donors (Lipinski definition) is 0. The van der Waals surface area contributed by atoms with Crippen molar-refractivity contribution >= 4 is 29.1 Å². The smallest absolute Gasteiger partial charge is 0.138 e.